The number of halogens is 3. The second-order valence-corrected chi connectivity index (χ2v) is 14.0. The summed E-state index contributed by atoms with van der Waals surface area (Å²) in [5.41, 5.74) is 1.92. The summed E-state index contributed by atoms with van der Waals surface area (Å²) >= 11 is 1.57. The van der Waals surface area contributed by atoms with E-state index in [0.29, 0.717) is 18.8 Å². The number of nitrogens with one attached hydrogen (secondary N) is 1. The third kappa shape index (κ3) is 6.57. The summed E-state index contributed by atoms with van der Waals surface area (Å²) in [6, 6.07) is 8.64. The molecule has 1 saturated carbocycles. The minimum Gasteiger partial charge on any atom is -0.317 e. The van der Waals surface area contributed by atoms with E-state index in [0.717, 1.165) is 23.7 Å². The van der Waals surface area contributed by atoms with Crippen molar-refractivity contribution in [1.29, 1.82) is 0 Å². The number of rotatable bonds is 8. The van der Waals surface area contributed by atoms with Gasteiger partial charge in [0, 0.05) is 24.0 Å². The summed E-state index contributed by atoms with van der Waals surface area (Å²) in [5.74, 6) is -0.660. The van der Waals surface area contributed by atoms with E-state index in [4.69, 9.17) is 0 Å². The molecule has 1 N–H and O–H groups in total. The third-order valence-electron chi connectivity index (χ3n) is 7.60. The highest BCUT2D eigenvalue weighted by Gasteiger charge is 2.42. The molecule has 2 aliphatic rings. The van der Waals surface area contributed by atoms with Crippen molar-refractivity contribution in [3.63, 3.8) is 0 Å². The van der Waals surface area contributed by atoms with Gasteiger partial charge in [-0.25, -0.2) is 8.42 Å². The number of hydrogen-bond acceptors (Lipinski definition) is 5. The van der Waals surface area contributed by atoms with Crippen LogP contribution in [0.25, 0.3) is 0 Å². The largest absolute Gasteiger partial charge is 0.391 e. The van der Waals surface area contributed by atoms with Gasteiger partial charge < -0.3 is 5.32 Å². The Kier molecular flexibility index (Phi) is 8.40. The van der Waals surface area contributed by atoms with Crippen LogP contribution in [0.5, 0.6) is 0 Å². The number of nitrogens with zero attached hydrogens (tertiary/aromatic N) is 1. The van der Waals surface area contributed by atoms with Gasteiger partial charge in [-0.15, -0.1) is 11.3 Å². The second kappa shape index (κ2) is 11.1. The number of sulfone groups is 1. The molecule has 37 heavy (non-hydrogen) atoms. The molecular formula is C27H35F3N2O3S2. The highest BCUT2D eigenvalue weighted by atomic mass is 32.2. The van der Waals surface area contributed by atoms with Crippen molar-refractivity contribution in [1.82, 2.24) is 4.90 Å². The normalized spacial score (nSPS) is 22.8. The lowest BCUT2D eigenvalue weighted by Crippen LogP contribution is -2.35. The van der Waals surface area contributed by atoms with Crippen LogP contribution in [0.4, 0.5) is 18.2 Å². The first-order chi connectivity index (χ1) is 17.4. The molecule has 1 aliphatic carbocycles. The van der Waals surface area contributed by atoms with Crippen LogP contribution in [0.3, 0.4) is 0 Å². The SMILES string of the molecule is CCS(=O)(=O)c1ccc(CC(=O)Nc2cc3c(s2)[C@H](C(C)C)N(C[C@H]2CC[C@H](C(F)(F)F)CC2)C3)cc1. The molecule has 1 aromatic heterocycles. The smallest absolute Gasteiger partial charge is 0.317 e. The van der Waals surface area contributed by atoms with Crippen molar-refractivity contribution >= 4 is 32.1 Å². The molecule has 1 fully saturated rings. The Balaban J connectivity index is 1.35. The van der Waals surface area contributed by atoms with Gasteiger partial charge in [-0.2, -0.15) is 13.2 Å². The van der Waals surface area contributed by atoms with Gasteiger partial charge in [0.2, 0.25) is 5.91 Å². The van der Waals surface area contributed by atoms with E-state index in [2.05, 4.69) is 24.1 Å². The van der Waals surface area contributed by atoms with Gasteiger partial charge in [-0.1, -0.05) is 32.9 Å². The molecule has 1 aromatic carbocycles. The Labute approximate surface area is 221 Å². The Morgan fingerprint density at radius 3 is 2.35 bits per heavy atom. The lowest BCUT2D eigenvalue weighted by atomic mass is 9.81. The summed E-state index contributed by atoms with van der Waals surface area (Å²) in [7, 11) is -3.27. The number of carbonyl (C=O) groups excluding carboxylic acids is 1. The van der Waals surface area contributed by atoms with E-state index >= 15 is 0 Å². The van der Waals surface area contributed by atoms with E-state index in [9.17, 15) is 26.4 Å². The number of fused-ring (bicyclic) bond motifs is 1. The Bertz CT molecular complexity index is 1200. The predicted molar refractivity (Wildman–Crippen MR) is 140 cm³/mol. The molecule has 10 heteroatoms. The number of benzene rings is 1. The van der Waals surface area contributed by atoms with E-state index in [1.165, 1.54) is 10.4 Å². The molecule has 4 rings (SSSR count). The monoisotopic (exact) mass is 556 g/mol. The van der Waals surface area contributed by atoms with E-state index < -0.39 is 21.9 Å². The first-order valence-electron chi connectivity index (χ1n) is 12.9. The number of amides is 1. The first kappa shape index (κ1) is 28.1. The zero-order chi connectivity index (χ0) is 27.0. The summed E-state index contributed by atoms with van der Waals surface area (Å²) in [5, 5.41) is 3.77. The van der Waals surface area contributed by atoms with Gasteiger partial charge in [-0.3, -0.25) is 9.69 Å². The van der Waals surface area contributed by atoms with Crippen molar-refractivity contribution in [2.24, 2.45) is 17.8 Å². The lowest BCUT2D eigenvalue weighted by Gasteiger charge is -2.35. The minimum atomic E-state index is -4.08. The van der Waals surface area contributed by atoms with Crippen LogP contribution in [0.15, 0.2) is 35.2 Å². The fourth-order valence-corrected chi connectivity index (χ4v) is 7.90. The average molecular weight is 557 g/mol. The van der Waals surface area contributed by atoms with Gasteiger partial charge in [0.25, 0.3) is 0 Å². The van der Waals surface area contributed by atoms with Crippen LogP contribution in [-0.4, -0.2) is 37.7 Å². The van der Waals surface area contributed by atoms with Crippen LogP contribution in [0, 0.1) is 17.8 Å². The first-order valence-corrected chi connectivity index (χ1v) is 15.4. The van der Waals surface area contributed by atoms with Crippen LogP contribution in [0.1, 0.15) is 68.5 Å². The van der Waals surface area contributed by atoms with E-state index in [1.54, 1.807) is 42.5 Å². The number of hydrogen-bond donors (Lipinski definition) is 1. The molecule has 0 bridgehead atoms. The van der Waals surface area contributed by atoms with Crippen molar-refractivity contribution < 1.29 is 26.4 Å². The predicted octanol–water partition coefficient (Wildman–Crippen LogP) is 6.60. The maximum Gasteiger partial charge on any atom is 0.391 e. The quantitative estimate of drug-likeness (QED) is 0.398. The zero-order valence-corrected chi connectivity index (χ0v) is 23.1. The molecule has 1 amide bonds. The molecule has 1 aliphatic heterocycles. The molecule has 2 aromatic rings. The highest BCUT2D eigenvalue weighted by Crippen LogP contribution is 2.47. The number of alkyl halides is 3. The summed E-state index contributed by atoms with van der Waals surface area (Å²) < 4.78 is 63.1. The molecule has 0 radical (unpaired) electrons. The highest BCUT2D eigenvalue weighted by molar-refractivity contribution is 7.91. The Morgan fingerprint density at radius 1 is 1.14 bits per heavy atom. The lowest BCUT2D eigenvalue weighted by molar-refractivity contribution is -0.184. The Hall–Kier alpha value is -1.91. The molecule has 5 nitrogen and oxygen atoms in total. The molecule has 0 spiro atoms. The Morgan fingerprint density at radius 2 is 1.78 bits per heavy atom. The standard InChI is InChI=1S/C27H35F3N2O3S2/c1-4-37(34,35)22-11-7-18(8-12-22)13-23(33)31-24-14-20-16-32(25(17(2)3)26(20)36-24)15-19-5-9-21(10-6-19)27(28,29)30/h7-8,11-12,14,17,19,21,25H,4-6,9-10,13,15-16H2,1-3H3,(H,31,33)/t19-,21-,25-/m0/s1. The van der Waals surface area contributed by atoms with Crippen LogP contribution in [-0.2, 0) is 27.6 Å². The molecule has 2 heterocycles. The van der Waals surface area contributed by atoms with Crippen LogP contribution >= 0.6 is 11.3 Å². The summed E-state index contributed by atoms with van der Waals surface area (Å²) in [6.07, 6.45) is -2.25. The van der Waals surface area contributed by atoms with E-state index in [-0.39, 0.29) is 47.8 Å². The second-order valence-electron chi connectivity index (χ2n) is 10.7. The van der Waals surface area contributed by atoms with Gasteiger partial charge >= 0.3 is 6.18 Å². The molecule has 1 atom stereocenters. The number of anilines is 1. The summed E-state index contributed by atoms with van der Waals surface area (Å²) in [4.78, 5) is 16.6. The van der Waals surface area contributed by atoms with Crippen LogP contribution in [0.2, 0.25) is 0 Å². The maximum atomic E-state index is 13.0. The number of thiophene rings is 1. The van der Waals surface area contributed by atoms with Gasteiger partial charge in [-0.05, 0) is 66.8 Å². The van der Waals surface area contributed by atoms with Crippen LogP contribution < -0.4 is 5.32 Å². The van der Waals surface area contributed by atoms with E-state index in [1.807, 2.05) is 6.07 Å². The molecule has 204 valence electrons. The molecular weight excluding hydrogens is 521 g/mol. The average Bonchev–Trinajstić information content (AvgIpc) is 3.35. The van der Waals surface area contributed by atoms with Gasteiger partial charge in [0.05, 0.1) is 28.0 Å². The minimum absolute atomic E-state index is 0.0316. The number of carbonyl (C=O) groups is 1. The summed E-state index contributed by atoms with van der Waals surface area (Å²) in [6.45, 7) is 7.47. The maximum absolute atomic E-state index is 13.0. The van der Waals surface area contributed by atoms with Crippen molar-refractivity contribution in [3.05, 3.63) is 46.3 Å². The topological polar surface area (TPSA) is 66.5 Å². The van der Waals surface area contributed by atoms with Crippen molar-refractivity contribution in [3.8, 4) is 0 Å². The van der Waals surface area contributed by atoms with Crippen molar-refractivity contribution in [2.45, 2.75) is 76.5 Å². The molecule has 0 unspecified atom stereocenters. The molecule has 0 saturated heterocycles. The van der Waals surface area contributed by atoms with Gasteiger partial charge in [0.1, 0.15) is 0 Å². The zero-order valence-electron chi connectivity index (χ0n) is 21.5. The third-order valence-corrected chi connectivity index (χ3v) is 10.5. The van der Waals surface area contributed by atoms with Gasteiger partial charge in [0.15, 0.2) is 9.84 Å². The van der Waals surface area contributed by atoms with Crippen molar-refractivity contribution in [2.75, 3.05) is 17.6 Å². The fraction of sp³-hybridized carbons (Fsp3) is 0.593. The fourth-order valence-electron chi connectivity index (χ4n) is 5.62.